The summed E-state index contributed by atoms with van der Waals surface area (Å²) in [7, 11) is 0. The van der Waals surface area contributed by atoms with Crippen molar-refractivity contribution >= 4 is 29.0 Å². The Morgan fingerprint density at radius 2 is 2.13 bits per heavy atom. The highest BCUT2D eigenvalue weighted by atomic mass is 35.5. The first-order valence-corrected chi connectivity index (χ1v) is 5.48. The van der Waals surface area contributed by atoms with Gasteiger partial charge >= 0.3 is 0 Å². The van der Waals surface area contributed by atoms with Crippen molar-refractivity contribution in [2.75, 3.05) is 6.54 Å². The summed E-state index contributed by atoms with van der Waals surface area (Å²) in [5.74, 6) is 0.180. The molecule has 0 aliphatic rings. The molecule has 15 heavy (non-hydrogen) atoms. The first-order valence-electron chi connectivity index (χ1n) is 4.73. The Labute approximate surface area is 99.4 Å². The molecule has 0 radical (unpaired) electrons. The zero-order chi connectivity index (χ0) is 11.4. The smallest absolute Gasteiger partial charge is 0.164 e. The third-order valence-electron chi connectivity index (χ3n) is 2.17. The SMILES string of the molecule is CC(CN)CC(=O)c1ccc(Cl)cc1Cl. The number of hydrogen-bond acceptors (Lipinski definition) is 2. The number of carbonyl (C=O) groups excluding carboxylic acids is 1. The second-order valence-electron chi connectivity index (χ2n) is 3.59. The van der Waals surface area contributed by atoms with Crippen molar-refractivity contribution in [2.45, 2.75) is 13.3 Å². The van der Waals surface area contributed by atoms with Crippen LogP contribution in [0.15, 0.2) is 18.2 Å². The highest BCUT2D eigenvalue weighted by molar-refractivity contribution is 6.36. The second kappa shape index (κ2) is 5.50. The van der Waals surface area contributed by atoms with E-state index in [1.54, 1.807) is 18.2 Å². The molecule has 1 aromatic carbocycles. The fraction of sp³-hybridized carbons (Fsp3) is 0.364. The number of rotatable bonds is 4. The Morgan fingerprint density at radius 1 is 1.47 bits per heavy atom. The van der Waals surface area contributed by atoms with Crippen LogP contribution in [0.1, 0.15) is 23.7 Å². The monoisotopic (exact) mass is 245 g/mol. The Bertz CT molecular complexity index is 366. The second-order valence-corrected chi connectivity index (χ2v) is 4.44. The molecule has 2 N–H and O–H groups in total. The fourth-order valence-electron chi connectivity index (χ4n) is 1.23. The van der Waals surface area contributed by atoms with Gasteiger partial charge in [-0.1, -0.05) is 30.1 Å². The maximum Gasteiger partial charge on any atom is 0.164 e. The van der Waals surface area contributed by atoms with E-state index in [1.807, 2.05) is 6.92 Å². The highest BCUT2D eigenvalue weighted by Gasteiger charge is 2.13. The van der Waals surface area contributed by atoms with E-state index < -0.39 is 0 Å². The lowest BCUT2D eigenvalue weighted by molar-refractivity contribution is 0.0966. The number of halogens is 2. The molecule has 4 heteroatoms. The Hall–Kier alpha value is -0.570. The van der Waals surface area contributed by atoms with Crippen LogP contribution in [0.4, 0.5) is 0 Å². The molecule has 0 amide bonds. The summed E-state index contributed by atoms with van der Waals surface area (Å²) >= 11 is 11.7. The minimum absolute atomic E-state index is 0.00890. The number of hydrogen-bond donors (Lipinski definition) is 1. The third kappa shape index (κ3) is 3.49. The summed E-state index contributed by atoms with van der Waals surface area (Å²) in [5.41, 5.74) is 5.97. The van der Waals surface area contributed by atoms with Gasteiger partial charge in [0.15, 0.2) is 5.78 Å². The van der Waals surface area contributed by atoms with Gasteiger partial charge in [-0.15, -0.1) is 0 Å². The van der Waals surface area contributed by atoms with Crippen LogP contribution in [0, 0.1) is 5.92 Å². The number of carbonyl (C=O) groups is 1. The Balaban J connectivity index is 2.82. The number of benzene rings is 1. The molecule has 1 rings (SSSR count). The van der Waals surface area contributed by atoms with Crippen molar-refractivity contribution in [2.24, 2.45) is 11.7 Å². The molecular formula is C11H13Cl2NO. The predicted octanol–water partition coefficient (Wildman–Crippen LogP) is 3.16. The number of nitrogens with two attached hydrogens (primary N) is 1. The molecule has 0 aliphatic heterocycles. The topological polar surface area (TPSA) is 43.1 Å². The van der Waals surface area contributed by atoms with Gasteiger partial charge in [-0.05, 0) is 30.7 Å². The van der Waals surface area contributed by atoms with Gasteiger partial charge in [-0.25, -0.2) is 0 Å². The summed E-state index contributed by atoms with van der Waals surface area (Å²) < 4.78 is 0. The van der Waals surface area contributed by atoms with Crippen molar-refractivity contribution < 1.29 is 4.79 Å². The molecule has 0 aromatic heterocycles. The molecule has 2 nitrogen and oxygen atoms in total. The standard InChI is InChI=1S/C11H13Cl2NO/c1-7(6-14)4-11(15)9-3-2-8(12)5-10(9)13/h2-3,5,7H,4,6,14H2,1H3. The zero-order valence-electron chi connectivity index (χ0n) is 8.47. The molecule has 0 aliphatic carbocycles. The van der Waals surface area contributed by atoms with Gasteiger partial charge in [0, 0.05) is 17.0 Å². The van der Waals surface area contributed by atoms with Crippen LogP contribution in [-0.2, 0) is 0 Å². The largest absolute Gasteiger partial charge is 0.330 e. The van der Waals surface area contributed by atoms with Crippen molar-refractivity contribution in [3.05, 3.63) is 33.8 Å². The summed E-state index contributed by atoms with van der Waals surface area (Å²) in [4.78, 5) is 11.8. The van der Waals surface area contributed by atoms with E-state index in [0.717, 1.165) is 0 Å². The fourth-order valence-corrected chi connectivity index (χ4v) is 1.74. The molecule has 82 valence electrons. The first kappa shape index (κ1) is 12.5. The van der Waals surface area contributed by atoms with E-state index >= 15 is 0 Å². The molecule has 1 unspecified atom stereocenters. The van der Waals surface area contributed by atoms with Crippen LogP contribution in [-0.4, -0.2) is 12.3 Å². The molecule has 1 atom stereocenters. The van der Waals surface area contributed by atoms with E-state index in [1.165, 1.54) is 0 Å². The lowest BCUT2D eigenvalue weighted by Gasteiger charge is -2.08. The average Bonchev–Trinajstić information content (AvgIpc) is 2.17. The van der Waals surface area contributed by atoms with E-state index in [-0.39, 0.29) is 11.7 Å². The van der Waals surface area contributed by atoms with Crippen molar-refractivity contribution in [3.8, 4) is 0 Å². The van der Waals surface area contributed by atoms with Crippen molar-refractivity contribution in [1.82, 2.24) is 0 Å². The van der Waals surface area contributed by atoms with Crippen LogP contribution in [0.3, 0.4) is 0 Å². The number of Topliss-reactive ketones (excluding diaryl/α,β-unsaturated/α-hetero) is 1. The van der Waals surface area contributed by atoms with Gasteiger partial charge < -0.3 is 5.73 Å². The van der Waals surface area contributed by atoms with Crippen molar-refractivity contribution in [3.63, 3.8) is 0 Å². The van der Waals surface area contributed by atoms with Crippen LogP contribution in [0.5, 0.6) is 0 Å². The molecular weight excluding hydrogens is 233 g/mol. The molecule has 0 heterocycles. The molecule has 1 aromatic rings. The molecule has 0 fully saturated rings. The lowest BCUT2D eigenvalue weighted by atomic mass is 10.00. The average molecular weight is 246 g/mol. The Kier molecular flexibility index (Phi) is 4.58. The zero-order valence-corrected chi connectivity index (χ0v) is 9.98. The summed E-state index contributed by atoms with van der Waals surface area (Å²) in [5, 5.41) is 0.931. The summed E-state index contributed by atoms with van der Waals surface area (Å²) in [6, 6.07) is 4.88. The van der Waals surface area contributed by atoms with E-state index in [2.05, 4.69) is 0 Å². The van der Waals surface area contributed by atoms with Crippen LogP contribution in [0.2, 0.25) is 10.0 Å². The highest BCUT2D eigenvalue weighted by Crippen LogP contribution is 2.23. The van der Waals surface area contributed by atoms with Gasteiger partial charge in [0.2, 0.25) is 0 Å². The van der Waals surface area contributed by atoms with Crippen molar-refractivity contribution in [1.29, 1.82) is 0 Å². The molecule has 0 bridgehead atoms. The van der Waals surface area contributed by atoms with E-state index in [4.69, 9.17) is 28.9 Å². The van der Waals surface area contributed by atoms with Crippen LogP contribution >= 0.6 is 23.2 Å². The quantitative estimate of drug-likeness (QED) is 0.829. The summed E-state index contributed by atoms with van der Waals surface area (Å²) in [6.07, 6.45) is 0.415. The maximum atomic E-state index is 11.8. The van der Waals surface area contributed by atoms with Gasteiger partial charge in [-0.3, -0.25) is 4.79 Å². The van der Waals surface area contributed by atoms with Gasteiger partial charge in [0.1, 0.15) is 0 Å². The van der Waals surface area contributed by atoms with Crippen LogP contribution in [0.25, 0.3) is 0 Å². The summed E-state index contributed by atoms with van der Waals surface area (Å²) in [6.45, 7) is 2.43. The minimum Gasteiger partial charge on any atom is -0.330 e. The van der Waals surface area contributed by atoms with Gasteiger partial charge in [-0.2, -0.15) is 0 Å². The first-order chi connectivity index (χ1) is 7.04. The predicted molar refractivity (Wildman–Crippen MR) is 63.6 cm³/mol. The number of ketones is 1. The van der Waals surface area contributed by atoms with Crippen LogP contribution < -0.4 is 5.73 Å². The minimum atomic E-state index is 0.00890. The third-order valence-corrected chi connectivity index (χ3v) is 2.72. The molecule has 0 spiro atoms. The van der Waals surface area contributed by atoms with Gasteiger partial charge in [0.05, 0.1) is 5.02 Å². The lowest BCUT2D eigenvalue weighted by Crippen LogP contribution is -2.15. The van der Waals surface area contributed by atoms with E-state index in [9.17, 15) is 4.79 Å². The van der Waals surface area contributed by atoms with E-state index in [0.29, 0.717) is 28.6 Å². The normalized spacial score (nSPS) is 12.5. The molecule has 0 saturated carbocycles. The Morgan fingerprint density at radius 3 is 2.67 bits per heavy atom. The molecule has 0 saturated heterocycles. The maximum absolute atomic E-state index is 11.8. The van der Waals surface area contributed by atoms with Gasteiger partial charge in [0.25, 0.3) is 0 Å².